The van der Waals surface area contributed by atoms with Crippen LogP contribution in [0, 0.1) is 0 Å². The van der Waals surface area contributed by atoms with E-state index in [9.17, 15) is 19.5 Å². The fraction of sp³-hybridized carbons (Fsp3) is 0.286. The molecule has 1 atom stereocenters. The summed E-state index contributed by atoms with van der Waals surface area (Å²) in [7, 11) is 7.73. The highest BCUT2D eigenvalue weighted by Crippen LogP contribution is 2.42. The van der Waals surface area contributed by atoms with Crippen LogP contribution in [-0.4, -0.2) is 79.6 Å². The Hall–Kier alpha value is -6.74. The van der Waals surface area contributed by atoms with Crippen LogP contribution in [0.15, 0.2) is 83.3 Å². The predicted molar refractivity (Wildman–Crippen MR) is 214 cm³/mol. The van der Waals surface area contributed by atoms with Crippen LogP contribution >= 0.6 is 0 Å². The second-order valence-electron chi connectivity index (χ2n) is 13.9. The topological polar surface area (TPSA) is 205 Å². The van der Waals surface area contributed by atoms with Gasteiger partial charge in [-0.05, 0) is 67.6 Å². The van der Waals surface area contributed by atoms with Gasteiger partial charge in [-0.1, -0.05) is 30.3 Å². The van der Waals surface area contributed by atoms with Gasteiger partial charge in [0.1, 0.15) is 25.4 Å². The van der Waals surface area contributed by atoms with Crippen molar-refractivity contribution >= 4 is 34.6 Å². The van der Waals surface area contributed by atoms with Gasteiger partial charge in [0, 0.05) is 84.8 Å². The molecule has 0 fully saturated rings. The average Bonchev–Trinajstić information content (AvgIpc) is 3.21. The molecule has 2 amide bonds. The molecule has 2 aliphatic rings. The molecule has 1 unspecified atom stereocenters. The smallest absolute Gasteiger partial charge is 0.407 e. The van der Waals surface area contributed by atoms with Gasteiger partial charge in [0.25, 0.3) is 5.91 Å². The highest BCUT2D eigenvalue weighted by Gasteiger charge is 2.22. The lowest BCUT2D eigenvalue weighted by Gasteiger charge is -2.20. The van der Waals surface area contributed by atoms with Crippen molar-refractivity contribution in [2.45, 2.75) is 38.8 Å². The molecule has 4 aromatic rings. The second-order valence-corrected chi connectivity index (χ2v) is 13.9. The Labute approximate surface area is 329 Å². The Bertz CT molecular complexity index is 2440. The van der Waals surface area contributed by atoms with Crippen LogP contribution in [0.5, 0.6) is 0 Å². The van der Waals surface area contributed by atoms with Crippen molar-refractivity contribution in [1.29, 1.82) is 0 Å². The number of fused-ring (bicyclic) bond motifs is 2. The molecule has 0 bridgehead atoms. The monoisotopic (exact) mass is 771 g/mol. The van der Waals surface area contributed by atoms with Gasteiger partial charge in [-0.2, -0.15) is 0 Å². The van der Waals surface area contributed by atoms with Gasteiger partial charge in [-0.15, -0.1) is 20.4 Å². The molecule has 1 aromatic heterocycles. The van der Waals surface area contributed by atoms with Gasteiger partial charge in [0.05, 0.1) is 12.0 Å². The number of carboxylic acids is 1. The van der Waals surface area contributed by atoms with E-state index in [4.69, 9.17) is 14.9 Å². The Morgan fingerprint density at radius 3 is 2.23 bits per heavy atom. The number of benzene rings is 4. The molecule has 15 heteroatoms. The highest BCUT2D eigenvalue weighted by atomic mass is 16.6. The maximum atomic E-state index is 13.2. The Balaban J connectivity index is 1.03. The lowest BCUT2D eigenvalue weighted by molar-refractivity contribution is -0.254. The fourth-order valence-electron chi connectivity index (χ4n) is 6.27. The number of amides is 2. The molecule has 6 rings (SSSR count). The summed E-state index contributed by atoms with van der Waals surface area (Å²) in [6.07, 6.45) is 0.572. The van der Waals surface area contributed by atoms with E-state index < -0.39 is 24.1 Å². The third kappa shape index (κ3) is 9.39. The molecule has 2 heterocycles. The maximum absolute atomic E-state index is 13.2. The first kappa shape index (κ1) is 39.9. The number of hydrogen-bond donors (Lipinski definition) is 3. The predicted octanol–water partition coefficient (Wildman–Crippen LogP) is 3.76. The number of carbonyl (C=O) groups excluding carboxylic acids is 3. The van der Waals surface area contributed by atoms with Crippen molar-refractivity contribution in [2.75, 3.05) is 46.2 Å². The van der Waals surface area contributed by atoms with Crippen molar-refractivity contribution < 1.29 is 28.6 Å². The Morgan fingerprint density at radius 2 is 1.56 bits per heavy atom. The van der Waals surface area contributed by atoms with Crippen molar-refractivity contribution in [3.8, 4) is 33.8 Å². The van der Waals surface area contributed by atoms with E-state index >= 15 is 0 Å². The molecular formula is C42H45N9O6. The van der Waals surface area contributed by atoms with E-state index in [2.05, 4.69) is 31.0 Å². The van der Waals surface area contributed by atoms with Gasteiger partial charge in [0.2, 0.25) is 17.0 Å². The standard InChI is InChI=1S/C42H45N9O6/c1-25(38-46-48-39(49-47-38)27-11-9-26(24-43)10-12-27)56-42(55)45-20-8-6-7-19-44-40(52)28-13-16-31(34(21-28)41(53)54)37-32-17-14-29(50(2)3)22-35(32)57-36-23-30(51(4)5)15-18-33(36)37/h9-18,21-23,25H,6-8,19-20,24,43H2,1-5H3,(H2-,44,45,52,53,54,55). The Kier molecular flexibility index (Phi) is 12.5. The number of nitrogens with one attached hydrogen (secondary N) is 2. The zero-order valence-corrected chi connectivity index (χ0v) is 32.5. The molecule has 15 nitrogen and oxygen atoms in total. The van der Waals surface area contributed by atoms with E-state index in [0.717, 1.165) is 33.1 Å². The molecule has 0 spiro atoms. The fourth-order valence-corrected chi connectivity index (χ4v) is 6.27. The number of anilines is 1. The molecule has 0 radical (unpaired) electrons. The quantitative estimate of drug-likeness (QED) is 0.0823. The summed E-state index contributed by atoms with van der Waals surface area (Å²) >= 11 is 0. The number of carboxylic acid groups (broad SMARTS) is 1. The highest BCUT2D eigenvalue weighted by molar-refractivity contribution is 6.09. The first-order valence-corrected chi connectivity index (χ1v) is 18.6. The van der Waals surface area contributed by atoms with Gasteiger partial charge < -0.3 is 40.3 Å². The molecular weight excluding hydrogens is 727 g/mol. The molecule has 0 saturated heterocycles. The van der Waals surface area contributed by atoms with Crippen LogP contribution in [0.2, 0.25) is 0 Å². The third-order valence-electron chi connectivity index (χ3n) is 9.49. The first-order chi connectivity index (χ1) is 27.4. The van der Waals surface area contributed by atoms with Crippen molar-refractivity contribution in [2.24, 2.45) is 5.73 Å². The largest absolute Gasteiger partial charge is 0.545 e. The minimum absolute atomic E-state index is 0.109. The molecule has 4 N–H and O–H groups in total. The van der Waals surface area contributed by atoms with E-state index in [1.165, 1.54) is 6.07 Å². The van der Waals surface area contributed by atoms with Crippen LogP contribution in [0.4, 0.5) is 10.5 Å². The molecule has 0 saturated carbocycles. The van der Waals surface area contributed by atoms with E-state index in [0.29, 0.717) is 67.2 Å². The number of unbranched alkanes of at least 4 members (excludes halogenated alkanes) is 2. The van der Waals surface area contributed by atoms with Gasteiger partial charge in [-0.25, -0.2) is 9.37 Å². The molecule has 1 aliphatic carbocycles. The van der Waals surface area contributed by atoms with Crippen molar-refractivity contribution in [3.05, 3.63) is 107 Å². The zero-order chi connectivity index (χ0) is 40.6. The number of alkyl carbamates (subject to hydrolysis) is 1. The van der Waals surface area contributed by atoms with Gasteiger partial charge in [0.15, 0.2) is 6.10 Å². The SMILES string of the molecule is CC(OC(=O)NCCCCCNC(=O)c1ccc(-c2c3ccc(=[N+](C)C)cc-3oc3cc(N(C)C)ccc23)c(C(=O)[O-])c1)c1nnc(-c2ccc(CN)cc2)nn1. The van der Waals surface area contributed by atoms with Crippen LogP contribution in [0.25, 0.3) is 44.8 Å². The average molecular weight is 772 g/mol. The minimum atomic E-state index is -1.40. The Morgan fingerprint density at radius 1 is 0.860 bits per heavy atom. The summed E-state index contributed by atoms with van der Waals surface area (Å²) in [5.74, 6) is -0.714. The first-order valence-electron chi connectivity index (χ1n) is 18.6. The third-order valence-corrected chi connectivity index (χ3v) is 9.49. The van der Waals surface area contributed by atoms with E-state index in [-0.39, 0.29) is 17.0 Å². The number of rotatable bonds is 14. The summed E-state index contributed by atoms with van der Waals surface area (Å²) < 4.78 is 13.7. The van der Waals surface area contributed by atoms with Crippen LogP contribution in [0.1, 0.15) is 64.4 Å². The maximum Gasteiger partial charge on any atom is 0.407 e. The summed E-state index contributed by atoms with van der Waals surface area (Å²) in [4.78, 5) is 40.1. The number of nitrogens with zero attached hydrogens (tertiary/aromatic N) is 6. The zero-order valence-electron chi connectivity index (χ0n) is 32.5. The molecule has 1 aliphatic heterocycles. The lowest BCUT2D eigenvalue weighted by Crippen LogP contribution is -2.28. The summed E-state index contributed by atoms with van der Waals surface area (Å²) in [6.45, 7) is 2.77. The number of aromatic carboxylic acids is 1. The van der Waals surface area contributed by atoms with Crippen molar-refractivity contribution in [1.82, 2.24) is 35.6 Å². The van der Waals surface area contributed by atoms with E-state index in [1.807, 2.05) is 98.3 Å². The minimum Gasteiger partial charge on any atom is -0.545 e. The summed E-state index contributed by atoms with van der Waals surface area (Å²) in [6, 6.07) is 23.6. The summed E-state index contributed by atoms with van der Waals surface area (Å²) in [5, 5.41) is 36.1. The number of carbonyl (C=O) groups is 3. The van der Waals surface area contributed by atoms with Gasteiger partial charge >= 0.3 is 6.09 Å². The number of aromatic nitrogens is 4. The second kappa shape index (κ2) is 17.8. The van der Waals surface area contributed by atoms with Gasteiger partial charge in [-0.3, -0.25) is 4.79 Å². The lowest BCUT2D eigenvalue weighted by atomic mass is 9.89. The summed E-state index contributed by atoms with van der Waals surface area (Å²) in [5.41, 5.74) is 10.8. The number of nitrogens with two attached hydrogens (primary N) is 1. The number of ether oxygens (including phenoxy) is 1. The normalized spacial score (nSPS) is 11.6. The van der Waals surface area contributed by atoms with Crippen LogP contribution in [-0.2, 0) is 11.3 Å². The number of hydrogen-bond acceptors (Lipinski definition) is 12. The molecule has 3 aromatic carbocycles. The molecule has 294 valence electrons. The van der Waals surface area contributed by atoms with Crippen molar-refractivity contribution in [3.63, 3.8) is 0 Å². The van der Waals surface area contributed by atoms with E-state index in [1.54, 1.807) is 19.1 Å². The van der Waals surface area contributed by atoms with Crippen LogP contribution < -0.4 is 36.3 Å². The molecule has 57 heavy (non-hydrogen) atoms. The van der Waals surface area contributed by atoms with Crippen LogP contribution in [0.3, 0.4) is 0 Å².